The summed E-state index contributed by atoms with van der Waals surface area (Å²) >= 11 is 0. The second-order valence-corrected chi connectivity index (χ2v) is 10.1. The molecule has 0 radical (unpaired) electrons. The molecule has 0 spiro atoms. The molecule has 1 aromatic carbocycles. The molecule has 0 unspecified atom stereocenters. The number of anilines is 2. The van der Waals surface area contributed by atoms with Crippen molar-refractivity contribution in [1.82, 2.24) is 29.7 Å². The molecular formula is C27H38N8O5. The Balaban J connectivity index is 1.17. The Labute approximate surface area is 232 Å². The minimum atomic E-state index is -1.18. The first-order valence-corrected chi connectivity index (χ1v) is 13.6. The molecule has 40 heavy (non-hydrogen) atoms. The summed E-state index contributed by atoms with van der Waals surface area (Å²) in [6, 6.07) is 6.59. The van der Waals surface area contributed by atoms with Crippen molar-refractivity contribution in [3.05, 3.63) is 42.5 Å². The third-order valence-corrected chi connectivity index (χ3v) is 6.96. The lowest BCUT2D eigenvalue weighted by atomic mass is 10.0. The summed E-state index contributed by atoms with van der Waals surface area (Å²) in [7, 11) is 1.88. The number of imidazole rings is 1. The molecule has 0 saturated carbocycles. The number of carbonyl (C=O) groups excluding carboxylic acids is 2. The highest BCUT2D eigenvalue weighted by molar-refractivity contribution is 5.97. The van der Waals surface area contributed by atoms with Gasteiger partial charge in [0.25, 0.3) is 0 Å². The topological polar surface area (TPSA) is 181 Å². The molecule has 1 saturated heterocycles. The molecule has 4 atom stereocenters. The number of hydrogen-bond acceptors (Lipinski definition) is 10. The second kappa shape index (κ2) is 13.6. The lowest BCUT2D eigenvalue weighted by Gasteiger charge is -2.22. The number of unbranched alkanes of at least 4 members (excludes halogenated alkanes) is 2. The molecule has 6 N–H and O–H groups in total. The number of ether oxygens (including phenoxy) is 1. The fraction of sp³-hybridized carbons (Fsp3) is 0.519. The largest absolute Gasteiger partial charge is 0.387 e. The highest BCUT2D eigenvalue weighted by Gasteiger charge is 2.44. The average Bonchev–Trinajstić information content (AvgIpc) is 3.49. The van der Waals surface area contributed by atoms with Crippen LogP contribution in [0.1, 0.15) is 55.6 Å². The van der Waals surface area contributed by atoms with Gasteiger partial charge in [-0.2, -0.15) is 0 Å². The van der Waals surface area contributed by atoms with E-state index in [-0.39, 0.29) is 17.6 Å². The number of nitrogens with one attached hydrogen (secondary N) is 2. The summed E-state index contributed by atoms with van der Waals surface area (Å²) in [4.78, 5) is 38.7. The first-order chi connectivity index (χ1) is 19.3. The maximum absolute atomic E-state index is 12.3. The highest BCUT2D eigenvalue weighted by Crippen LogP contribution is 2.32. The van der Waals surface area contributed by atoms with Crippen LogP contribution in [0.15, 0.2) is 36.9 Å². The van der Waals surface area contributed by atoms with Crippen molar-refractivity contribution in [2.75, 3.05) is 37.7 Å². The number of benzene rings is 1. The molecular weight excluding hydrogens is 516 g/mol. The first kappa shape index (κ1) is 29.3. The summed E-state index contributed by atoms with van der Waals surface area (Å²) in [6.45, 7) is 3.53. The number of nitrogens with two attached hydrogens (primary N) is 1. The molecule has 1 aliphatic heterocycles. The van der Waals surface area contributed by atoms with E-state index in [1.54, 1.807) is 28.8 Å². The number of aliphatic hydroxyl groups excluding tert-OH is 2. The third kappa shape index (κ3) is 7.10. The Bertz CT molecular complexity index is 1280. The van der Waals surface area contributed by atoms with Crippen LogP contribution in [0.4, 0.5) is 16.3 Å². The van der Waals surface area contributed by atoms with Crippen molar-refractivity contribution in [1.29, 1.82) is 0 Å². The van der Waals surface area contributed by atoms with Crippen LogP contribution in [0.25, 0.3) is 11.2 Å². The lowest BCUT2D eigenvalue weighted by molar-refractivity contribution is -0.0421. The number of nitrogens with zero attached hydrogens (tertiary/aromatic N) is 5. The van der Waals surface area contributed by atoms with Crippen molar-refractivity contribution in [2.24, 2.45) is 0 Å². The van der Waals surface area contributed by atoms with Gasteiger partial charge >= 0.3 is 6.03 Å². The standard InChI is InChI=1S/C27H38N8O5/c1-3-4-5-7-19(36)17-8-10-18(11-9-17)33-27(39)29-12-6-13-34(2)14-20-22(37)23(38)26(40-20)35-16-32-21-24(28)30-15-31-25(21)35/h8-11,15-16,20,22-23,26,37-38H,3-7,12-14H2,1-2H3,(H2,28,30,31)(H2,29,33,39)/t20-,22-,23-,26-/m1/s1. The van der Waals surface area contributed by atoms with Crippen LogP contribution in [0, 0.1) is 0 Å². The van der Waals surface area contributed by atoms with E-state index < -0.39 is 24.5 Å². The molecule has 13 heteroatoms. The Kier molecular flexibility index (Phi) is 9.98. The zero-order chi connectivity index (χ0) is 28.6. The number of urea groups is 1. The number of fused-ring (bicyclic) bond motifs is 1. The molecule has 216 valence electrons. The van der Waals surface area contributed by atoms with E-state index in [2.05, 4.69) is 32.5 Å². The van der Waals surface area contributed by atoms with Crippen LogP contribution in [0.5, 0.6) is 0 Å². The van der Waals surface area contributed by atoms with E-state index in [9.17, 15) is 19.8 Å². The van der Waals surface area contributed by atoms with Gasteiger partial charge < -0.3 is 36.2 Å². The summed E-state index contributed by atoms with van der Waals surface area (Å²) < 4.78 is 7.53. The smallest absolute Gasteiger partial charge is 0.319 e. The number of aromatic nitrogens is 4. The maximum atomic E-state index is 12.3. The van der Waals surface area contributed by atoms with Gasteiger partial charge in [0.1, 0.15) is 30.2 Å². The van der Waals surface area contributed by atoms with Gasteiger partial charge in [0.15, 0.2) is 23.5 Å². The molecule has 1 aliphatic rings. The minimum absolute atomic E-state index is 0.115. The van der Waals surface area contributed by atoms with Crippen LogP contribution in [0.3, 0.4) is 0 Å². The summed E-state index contributed by atoms with van der Waals surface area (Å²) in [6.07, 6.45) is 3.17. The van der Waals surface area contributed by atoms with E-state index >= 15 is 0 Å². The Morgan fingerprint density at radius 1 is 1.10 bits per heavy atom. The van der Waals surface area contributed by atoms with Gasteiger partial charge in [-0.05, 0) is 50.7 Å². The molecule has 2 aromatic heterocycles. The molecule has 2 amide bonds. The van der Waals surface area contributed by atoms with Crippen molar-refractivity contribution in [3.63, 3.8) is 0 Å². The maximum Gasteiger partial charge on any atom is 0.319 e. The second-order valence-electron chi connectivity index (χ2n) is 10.1. The minimum Gasteiger partial charge on any atom is -0.387 e. The lowest BCUT2D eigenvalue weighted by Crippen LogP contribution is -2.39. The van der Waals surface area contributed by atoms with Gasteiger partial charge in [-0.3, -0.25) is 9.36 Å². The Morgan fingerprint density at radius 3 is 2.62 bits per heavy atom. The number of Topliss-reactive ketones (excluding diaryl/α,β-unsaturated/α-hetero) is 1. The number of amides is 2. The van der Waals surface area contributed by atoms with E-state index in [0.717, 1.165) is 19.3 Å². The zero-order valence-electron chi connectivity index (χ0n) is 22.9. The monoisotopic (exact) mass is 554 g/mol. The predicted octanol–water partition coefficient (Wildman–Crippen LogP) is 1.93. The molecule has 1 fully saturated rings. The van der Waals surface area contributed by atoms with Crippen molar-refractivity contribution in [2.45, 2.75) is 63.6 Å². The summed E-state index contributed by atoms with van der Waals surface area (Å²) in [5.41, 5.74) is 7.91. The molecule has 0 bridgehead atoms. The summed E-state index contributed by atoms with van der Waals surface area (Å²) in [5.74, 6) is 0.335. The zero-order valence-corrected chi connectivity index (χ0v) is 22.9. The number of hydrogen-bond donors (Lipinski definition) is 5. The normalized spacial score (nSPS) is 20.7. The van der Waals surface area contributed by atoms with E-state index in [1.807, 2.05) is 11.9 Å². The quantitative estimate of drug-likeness (QED) is 0.155. The molecule has 3 aromatic rings. The van der Waals surface area contributed by atoms with Gasteiger partial charge in [-0.1, -0.05) is 19.8 Å². The number of likely N-dealkylation sites (N-methyl/N-ethyl adjacent to an activating group) is 1. The van der Waals surface area contributed by atoms with Gasteiger partial charge in [-0.25, -0.2) is 19.7 Å². The van der Waals surface area contributed by atoms with Crippen LogP contribution in [0.2, 0.25) is 0 Å². The fourth-order valence-corrected chi connectivity index (χ4v) is 4.71. The fourth-order valence-electron chi connectivity index (χ4n) is 4.71. The van der Waals surface area contributed by atoms with Crippen LogP contribution >= 0.6 is 0 Å². The molecule has 4 rings (SSSR count). The number of rotatable bonds is 13. The van der Waals surface area contributed by atoms with Crippen molar-refractivity contribution >= 4 is 34.5 Å². The van der Waals surface area contributed by atoms with Crippen molar-refractivity contribution < 1.29 is 24.5 Å². The number of aliphatic hydroxyl groups is 2. The van der Waals surface area contributed by atoms with E-state index in [0.29, 0.717) is 54.9 Å². The van der Waals surface area contributed by atoms with Gasteiger partial charge in [-0.15, -0.1) is 0 Å². The predicted molar refractivity (Wildman–Crippen MR) is 150 cm³/mol. The molecule has 3 heterocycles. The van der Waals surface area contributed by atoms with E-state index in [4.69, 9.17) is 10.5 Å². The van der Waals surface area contributed by atoms with Gasteiger partial charge in [0, 0.05) is 30.8 Å². The van der Waals surface area contributed by atoms with Crippen LogP contribution < -0.4 is 16.4 Å². The third-order valence-electron chi connectivity index (χ3n) is 6.96. The number of carbonyl (C=O) groups is 2. The molecule has 0 aliphatic carbocycles. The van der Waals surface area contributed by atoms with Gasteiger partial charge in [0.05, 0.1) is 6.33 Å². The van der Waals surface area contributed by atoms with Crippen LogP contribution in [-0.2, 0) is 4.74 Å². The Morgan fingerprint density at radius 2 is 1.88 bits per heavy atom. The average molecular weight is 555 g/mol. The molecule has 13 nitrogen and oxygen atoms in total. The number of ketones is 1. The number of nitrogen functional groups attached to an aromatic ring is 1. The first-order valence-electron chi connectivity index (χ1n) is 13.6. The SMILES string of the molecule is CCCCCC(=O)c1ccc(NC(=O)NCCCN(C)C[C@H]2O[C@@H](n3cnc4c(N)ncnc43)[C@H](O)[C@@H]2O)cc1. The van der Waals surface area contributed by atoms with Crippen LogP contribution in [-0.4, -0.2) is 91.4 Å². The van der Waals surface area contributed by atoms with Gasteiger partial charge in [0.2, 0.25) is 0 Å². The Hall–Kier alpha value is -3.65. The van der Waals surface area contributed by atoms with Crippen molar-refractivity contribution in [3.8, 4) is 0 Å². The highest BCUT2D eigenvalue weighted by atomic mass is 16.6. The summed E-state index contributed by atoms with van der Waals surface area (Å²) in [5, 5.41) is 26.8. The van der Waals surface area contributed by atoms with E-state index in [1.165, 1.54) is 12.7 Å².